The van der Waals surface area contributed by atoms with Crippen molar-refractivity contribution < 1.29 is 19.1 Å². The van der Waals surface area contributed by atoms with Crippen LogP contribution in [0.3, 0.4) is 0 Å². The monoisotopic (exact) mass is 497 g/mol. The number of alkyl halides is 1. The minimum absolute atomic E-state index is 0.0417. The number of carbonyl (C=O) groups is 2. The highest BCUT2D eigenvalue weighted by Gasteiger charge is 2.34. The molecule has 33 heavy (non-hydrogen) atoms. The second-order valence-corrected chi connectivity index (χ2v) is 9.77. The van der Waals surface area contributed by atoms with E-state index in [1.165, 1.54) is 5.56 Å². The number of rotatable bonds is 15. The Hall–Kier alpha value is -1.77. The molecule has 1 heterocycles. The fourth-order valence-corrected chi connectivity index (χ4v) is 5.55. The van der Waals surface area contributed by atoms with Crippen molar-refractivity contribution in [1.29, 1.82) is 0 Å². The van der Waals surface area contributed by atoms with Crippen LogP contribution in [-0.2, 0) is 16.0 Å². The SMILES string of the molecule is C=NC(=O)NC1C(C)CSC1CCCCC(=O)NCCOCCOc1ccc(CCCl)cc1. The summed E-state index contributed by atoms with van der Waals surface area (Å²) >= 11 is 7.62. The average molecular weight is 498 g/mol. The maximum atomic E-state index is 12.0. The average Bonchev–Trinajstić information content (AvgIpc) is 3.16. The first-order chi connectivity index (χ1) is 16.0. The minimum Gasteiger partial charge on any atom is -0.491 e. The number of hydrogen-bond acceptors (Lipinski definition) is 5. The maximum Gasteiger partial charge on any atom is 0.340 e. The van der Waals surface area contributed by atoms with Crippen molar-refractivity contribution in [1.82, 2.24) is 10.6 Å². The van der Waals surface area contributed by atoms with Gasteiger partial charge in [-0.15, -0.1) is 11.6 Å². The van der Waals surface area contributed by atoms with Crippen LogP contribution < -0.4 is 15.4 Å². The number of unbranched alkanes of at least 4 members (excludes halogenated alkanes) is 1. The second kappa shape index (κ2) is 16.0. The highest BCUT2D eigenvalue weighted by Crippen LogP contribution is 2.34. The van der Waals surface area contributed by atoms with E-state index in [0.717, 1.165) is 37.2 Å². The quantitative estimate of drug-likeness (QED) is 0.216. The van der Waals surface area contributed by atoms with Gasteiger partial charge < -0.3 is 20.1 Å². The zero-order valence-corrected chi connectivity index (χ0v) is 21.0. The Morgan fingerprint density at radius 3 is 2.73 bits per heavy atom. The van der Waals surface area contributed by atoms with Crippen molar-refractivity contribution in [3.8, 4) is 5.75 Å². The van der Waals surface area contributed by atoms with Crippen molar-refractivity contribution in [3.63, 3.8) is 0 Å². The molecule has 184 valence electrons. The maximum absolute atomic E-state index is 12.0. The molecule has 1 aromatic carbocycles. The third-order valence-corrected chi connectivity index (χ3v) is 7.40. The van der Waals surface area contributed by atoms with Crippen LogP contribution in [0.25, 0.3) is 0 Å². The number of urea groups is 1. The van der Waals surface area contributed by atoms with Crippen LogP contribution in [0.15, 0.2) is 29.3 Å². The number of aryl methyl sites for hydroxylation is 1. The molecular formula is C24H36ClN3O4S. The van der Waals surface area contributed by atoms with Crippen LogP contribution in [0.1, 0.15) is 38.2 Å². The lowest BCUT2D eigenvalue weighted by molar-refractivity contribution is -0.121. The van der Waals surface area contributed by atoms with Gasteiger partial charge in [0.2, 0.25) is 5.91 Å². The summed E-state index contributed by atoms with van der Waals surface area (Å²) < 4.78 is 11.2. The predicted octanol–water partition coefficient (Wildman–Crippen LogP) is 4.07. The van der Waals surface area contributed by atoms with Gasteiger partial charge in [-0.25, -0.2) is 9.79 Å². The third-order valence-electron chi connectivity index (χ3n) is 5.53. The molecular weight excluding hydrogens is 462 g/mol. The van der Waals surface area contributed by atoms with E-state index in [1.54, 1.807) is 0 Å². The lowest BCUT2D eigenvalue weighted by Gasteiger charge is -2.22. The van der Waals surface area contributed by atoms with Crippen LogP contribution in [-0.4, -0.2) is 67.9 Å². The van der Waals surface area contributed by atoms with Gasteiger partial charge in [-0.2, -0.15) is 11.8 Å². The molecule has 1 aromatic rings. The van der Waals surface area contributed by atoms with Crippen LogP contribution in [0.2, 0.25) is 0 Å². The van der Waals surface area contributed by atoms with Crippen LogP contribution in [0.5, 0.6) is 5.75 Å². The summed E-state index contributed by atoms with van der Waals surface area (Å²) in [5, 5.41) is 6.21. The Labute approximate surface area is 206 Å². The van der Waals surface area contributed by atoms with Gasteiger partial charge in [0, 0.05) is 30.1 Å². The van der Waals surface area contributed by atoms with Crippen molar-refractivity contribution in [3.05, 3.63) is 29.8 Å². The Morgan fingerprint density at radius 1 is 1.21 bits per heavy atom. The van der Waals surface area contributed by atoms with E-state index in [1.807, 2.05) is 36.0 Å². The van der Waals surface area contributed by atoms with E-state index in [-0.39, 0.29) is 18.0 Å². The van der Waals surface area contributed by atoms with E-state index >= 15 is 0 Å². The third kappa shape index (κ3) is 10.8. The number of carbonyl (C=O) groups excluding carboxylic acids is 2. The summed E-state index contributed by atoms with van der Waals surface area (Å²) in [4.78, 5) is 27.0. The minimum atomic E-state index is -0.357. The molecule has 0 saturated carbocycles. The Kier molecular flexibility index (Phi) is 13.3. The van der Waals surface area contributed by atoms with Crippen LogP contribution >= 0.6 is 23.4 Å². The fraction of sp³-hybridized carbons (Fsp3) is 0.625. The molecule has 2 rings (SSSR count). The van der Waals surface area contributed by atoms with Crippen molar-refractivity contribution in [2.24, 2.45) is 10.9 Å². The molecule has 3 amide bonds. The first-order valence-corrected chi connectivity index (χ1v) is 13.1. The number of amides is 3. The molecule has 3 unspecified atom stereocenters. The number of aliphatic imine (C=N–C) groups is 1. The van der Waals surface area contributed by atoms with Gasteiger partial charge in [0.15, 0.2) is 0 Å². The van der Waals surface area contributed by atoms with E-state index < -0.39 is 0 Å². The summed E-state index contributed by atoms with van der Waals surface area (Å²) in [7, 11) is 0. The highest BCUT2D eigenvalue weighted by atomic mass is 35.5. The van der Waals surface area contributed by atoms with Gasteiger partial charge in [-0.1, -0.05) is 25.5 Å². The summed E-state index contributed by atoms with van der Waals surface area (Å²) in [5.41, 5.74) is 1.19. The van der Waals surface area contributed by atoms with E-state index in [4.69, 9.17) is 21.1 Å². The smallest absolute Gasteiger partial charge is 0.340 e. The number of hydrogen-bond donors (Lipinski definition) is 2. The molecule has 0 aliphatic carbocycles. The molecule has 1 aliphatic rings. The topological polar surface area (TPSA) is 89.0 Å². The summed E-state index contributed by atoms with van der Waals surface area (Å²) in [6.07, 6.45) is 4.11. The number of nitrogens with one attached hydrogen (secondary N) is 2. The molecule has 2 N–H and O–H groups in total. The molecule has 0 spiro atoms. The molecule has 3 atom stereocenters. The molecule has 1 saturated heterocycles. The van der Waals surface area contributed by atoms with Crippen LogP contribution in [0.4, 0.5) is 4.79 Å². The summed E-state index contributed by atoms with van der Waals surface area (Å²) in [6, 6.07) is 7.66. The van der Waals surface area contributed by atoms with Gasteiger partial charge in [0.05, 0.1) is 13.2 Å². The zero-order valence-electron chi connectivity index (χ0n) is 19.4. The van der Waals surface area contributed by atoms with Gasteiger partial charge in [0.25, 0.3) is 0 Å². The molecule has 9 heteroatoms. The van der Waals surface area contributed by atoms with Gasteiger partial charge in [0.1, 0.15) is 12.4 Å². The lowest BCUT2D eigenvalue weighted by atomic mass is 9.97. The number of halogens is 1. The van der Waals surface area contributed by atoms with Gasteiger partial charge >= 0.3 is 6.03 Å². The highest BCUT2D eigenvalue weighted by molar-refractivity contribution is 8.00. The predicted molar refractivity (Wildman–Crippen MR) is 136 cm³/mol. The molecule has 0 aromatic heterocycles. The molecule has 1 aliphatic heterocycles. The van der Waals surface area contributed by atoms with E-state index in [9.17, 15) is 9.59 Å². The molecule has 1 fully saturated rings. The summed E-state index contributed by atoms with van der Waals surface area (Å²) in [5.74, 6) is 2.90. The van der Waals surface area contributed by atoms with Gasteiger partial charge in [-0.05, 0) is 55.3 Å². The number of nitrogens with zero attached hydrogens (tertiary/aromatic N) is 1. The van der Waals surface area contributed by atoms with Gasteiger partial charge in [-0.3, -0.25) is 4.79 Å². The lowest BCUT2D eigenvalue weighted by Crippen LogP contribution is -2.41. The Balaban J connectivity index is 1.46. The van der Waals surface area contributed by atoms with E-state index in [2.05, 4.69) is 29.3 Å². The van der Waals surface area contributed by atoms with Crippen LogP contribution in [0, 0.1) is 5.92 Å². The molecule has 0 radical (unpaired) electrons. The first kappa shape index (κ1) is 27.5. The molecule has 7 nitrogen and oxygen atoms in total. The first-order valence-electron chi connectivity index (χ1n) is 11.5. The normalized spacial score (nSPS) is 19.8. The Bertz CT molecular complexity index is 735. The van der Waals surface area contributed by atoms with Crippen molar-refractivity contribution in [2.75, 3.05) is 38.0 Å². The second-order valence-electron chi connectivity index (χ2n) is 8.12. The van der Waals surface area contributed by atoms with E-state index in [0.29, 0.717) is 49.8 Å². The molecule has 0 bridgehead atoms. The largest absolute Gasteiger partial charge is 0.491 e. The summed E-state index contributed by atoms with van der Waals surface area (Å²) in [6.45, 7) is 7.30. The number of ether oxygens (including phenoxy) is 2. The standard InChI is InChI=1S/C24H36ClN3O4S/c1-18-17-33-21(23(18)28-24(30)26-2)5-3-4-6-22(29)27-13-14-31-15-16-32-20-9-7-19(8-10-20)11-12-25/h7-10,18,21,23H,2-6,11-17H2,1H3,(H,27,29)(H,28,30). The van der Waals surface area contributed by atoms with Crippen molar-refractivity contribution >= 4 is 42.0 Å². The number of thioether (sulfide) groups is 1. The van der Waals surface area contributed by atoms with Crippen molar-refractivity contribution in [2.45, 2.75) is 50.3 Å². The number of benzene rings is 1. The fourth-order valence-electron chi connectivity index (χ4n) is 3.70. The zero-order chi connectivity index (χ0) is 23.9. The Morgan fingerprint density at radius 2 is 2.00 bits per heavy atom.